The van der Waals surface area contributed by atoms with Crippen LogP contribution in [0.3, 0.4) is 0 Å². The number of H-pyrrole nitrogens is 1. The Kier molecular flexibility index (Phi) is 4.35. The molecule has 0 aliphatic carbocycles. The number of nitrogens with zero attached hydrogens (tertiary/aromatic N) is 3. The molecule has 1 unspecified atom stereocenters. The van der Waals surface area contributed by atoms with Crippen LogP contribution in [0.2, 0.25) is 0 Å². The fourth-order valence-electron chi connectivity index (χ4n) is 3.33. The Hall–Kier alpha value is -1.94. The van der Waals surface area contributed by atoms with E-state index in [-0.39, 0.29) is 23.9 Å². The van der Waals surface area contributed by atoms with Crippen LogP contribution in [0.4, 0.5) is 0 Å². The molecule has 3 rings (SSSR count). The molecule has 0 bridgehead atoms. The molecule has 2 fully saturated rings. The predicted octanol–water partition coefficient (Wildman–Crippen LogP) is -1.29. The quantitative estimate of drug-likeness (QED) is 0.709. The van der Waals surface area contributed by atoms with Crippen molar-refractivity contribution in [3.8, 4) is 0 Å². The average Bonchev–Trinajstić information content (AvgIpc) is 2.89. The lowest BCUT2D eigenvalue weighted by Gasteiger charge is -2.36. The molecule has 132 valence electrons. The van der Waals surface area contributed by atoms with E-state index >= 15 is 0 Å². The highest BCUT2D eigenvalue weighted by Gasteiger charge is 2.37. The van der Waals surface area contributed by atoms with Crippen LogP contribution in [0.1, 0.15) is 29.6 Å². The van der Waals surface area contributed by atoms with Crippen LogP contribution in [-0.2, 0) is 17.1 Å². The van der Waals surface area contributed by atoms with Crippen molar-refractivity contribution in [2.75, 3.05) is 25.4 Å². The van der Waals surface area contributed by atoms with E-state index in [0.29, 0.717) is 32.4 Å². The maximum Gasteiger partial charge on any atom is 0.328 e. The summed E-state index contributed by atoms with van der Waals surface area (Å²) in [6.45, 7) is 1.21. The van der Waals surface area contributed by atoms with Crippen LogP contribution in [0.25, 0.3) is 0 Å². The molecule has 9 nitrogen and oxygen atoms in total. The number of aromatic amines is 1. The van der Waals surface area contributed by atoms with Gasteiger partial charge in [-0.05, 0) is 19.3 Å². The Morgan fingerprint density at radius 2 is 2.00 bits per heavy atom. The summed E-state index contributed by atoms with van der Waals surface area (Å²) >= 11 is 0. The highest BCUT2D eigenvalue weighted by Crippen LogP contribution is 2.24. The smallest absolute Gasteiger partial charge is 0.328 e. The van der Waals surface area contributed by atoms with Gasteiger partial charge in [-0.3, -0.25) is 14.6 Å². The molecule has 24 heavy (non-hydrogen) atoms. The molecule has 1 aromatic rings. The number of rotatable bonds is 2. The normalized spacial score (nSPS) is 24.2. The number of hydrogen-bond donors (Lipinski definition) is 1. The van der Waals surface area contributed by atoms with Crippen molar-refractivity contribution >= 4 is 15.9 Å². The second-order valence-corrected chi connectivity index (χ2v) is 8.28. The third-order valence-corrected chi connectivity index (χ3v) is 6.57. The van der Waals surface area contributed by atoms with Crippen LogP contribution >= 0.6 is 0 Å². The molecule has 10 heteroatoms. The van der Waals surface area contributed by atoms with E-state index in [2.05, 4.69) is 4.98 Å². The SMILES string of the molecule is Cn1cc(C(=O)N2CCCC(N3CCCS3(=O)=O)C2)c(=O)[nH]c1=O. The number of nitrogens with one attached hydrogen (secondary N) is 1. The van der Waals surface area contributed by atoms with Gasteiger partial charge in [-0.1, -0.05) is 0 Å². The third kappa shape index (κ3) is 3.03. The molecule has 1 aromatic heterocycles. The number of likely N-dealkylation sites (tertiary alicyclic amines) is 1. The fourth-order valence-corrected chi connectivity index (χ4v) is 5.09. The summed E-state index contributed by atoms with van der Waals surface area (Å²) in [5.74, 6) is -0.328. The van der Waals surface area contributed by atoms with E-state index in [0.717, 1.165) is 4.57 Å². The van der Waals surface area contributed by atoms with Crippen molar-refractivity contribution in [2.24, 2.45) is 7.05 Å². The van der Waals surface area contributed by atoms with E-state index in [1.165, 1.54) is 22.4 Å². The summed E-state index contributed by atoms with van der Waals surface area (Å²) in [4.78, 5) is 39.5. The molecule has 1 atom stereocenters. The van der Waals surface area contributed by atoms with Gasteiger partial charge in [0, 0.05) is 38.9 Å². The Morgan fingerprint density at radius 3 is 2.67 bits per heavy atom. The minimum Gasteiger partial charge on any atom is -0.337 e. The summed E-state index contributed by atoms with van der Waals surface area (Å²) in [5, 5.41) is 0. The first-order valence-electron chi connectivity index (χ1n) is 7.88. The van der Waals surface area contributed by atoms with Crippen LogP contribution in [0.5, 0.6) is 0 Å². The van der Waals surface area contributed by atoms with Crippen LogP contribution in [0.15, 0.2) is 15.8 Å². The van der Waals surface area contributed by atoms with Gasteiger partial charge in [0.1, 0.15) is 5.56 Å². The minimum absolute atomic E-state index is 0.109. The van der Waals surface area contributed by atoms with Crippen LogP contribution < -0.4 is 11.2 Å². The summed E-state index contributed by atoms with van der Waals surface area (Å²) in [6.07, 6.45) is 3.20. The zero-order valence-corrected chi connectivity index (χ0v) is 14.2. The first kappa shape index (κ1) is 16.9. The van der Waals surface area contributed by atoms with Crippen molar-refractivity contribution in [3.63, 3.8) is 0 Å². The number of amides is 1. The number of carbonyl (C=O) groups is 1. The third-order valence-electron chi connectivity index (χ3n) is 4.57. The number of piperidine rings is 1. The molecule has 0 saturated carbocycles. The lowest BCUT2D eigenvalue weighted by atomic mass is 10.0. The number of aromatic nitrogens is 2. The zero-order chi connectivity index (χ0) is 17.5. The molecule has 0 radical (unpaired) electrons. The molecule has 0 spiro atoms. The number of carbonyl (C=O) groups excluding carboxylic acids is 1. The molecule has 1 N–H and O–H groups in total. The van der Waals surface area contributed by atoms with Gasteiger partial charge in [0.15, 0.2) is 0 Å². The lowest BCUT2D eigenvalue weighted by molar-refractivity contribution is 0.0655. The predicted molar refractivity (Wildman–Crippen MR) is 86.3 cm³/mol. The zero-order valence-electron chi connectivity index (χ0n) is 13.4. The largest absolute Gasteiger partial charge is 0.337 e. The van der Waals surface area contributed by atoms with Gasteiger partial charge in [0.25, 0.3) is 11.5 Å². The molecular formula is C14H20N4O5S. The lowest BCUT2D eigenvalue weighted by Crippen LogP contribution is -2.51. The van der Waals surface area contributed by atoms with Crippen molar-refractivity contribution in [2.45, 2.75) is 25.3 Å². The second kappa shape index (κ2) is 6.17. The highest BCUT2D eigenvalue weighted by molar-refractivity contribution is 7.89. The van der Waals surface area contributed by atoms with Crippen LogP contribution in [0, 0.1) is 0 Å². The molecule has 2 saturated heterocycles. The Labute approximate surface area is 138 Å². The number of aryl methyl sites for hydroxylation is 1. The maximum absolute atomic E-state index is 12.6. The Balaban J connectivity index is 1.82. The topological polar surface area (TPSA) is 113 Å². The molecule has 2 aliphatic heterocycles. The molecule has 2 aliphatic rings. The van der Waals surface area contributed by atoms with E-state index in [1.54, 1.807) is 0 Å². The van der Waals surface area contributed by atoms with Gasteiger partial charge in [0.05, 0.1) is 5.75 Å². The highest BCUT2D eigenvalue weighted by atomic mass is 32.2. The summed E-state index contributed by atoms with van der Waals surface area (Å²) in [6, 6.07) is -0.248. The fraction of sp³-hybridized carbons (Fsp3) is 0.643. The van der Waals surface area contributed by atoms with Crippen molar-refractivity contribution in [1.82, 2.24) is 18.8 Å². The standard InChI is InChI=1S/C14H20N4O5S/c1-16-9-11(12(19)15-14(16)21)13(20)17-5-2-4-10(8-17)18-6-3-7-24(18,22)23/h9-10H,2-8H2,1H3,(H,15,19,21). The minimum atomic E-state index is -3.24. The molecule has 0 aromatic carbocycles. The van der Waals surface area contributed by atoms with E-state index in [4.69, 9.17) is 0 Å². The van der Waals surface area contributed by atoms with Crippen molar-refractivity contribution in [1.29, 1.82) is 0 Å². The first-order chi connectivity index (χ1) is 11.3. The van der Waals surface area contributed by atoms with Gasteiger partial charge in [-0.15, -0.1) is 0 Å². The van der Waals surface area contributed by atoms with Gasteiger partial charge in [-0.25, -0.2) is 13.2 Å². The average molecular weight is 356 g/mol. The maximum atomic E-state index is 12.6. The van der Waals surface area contributed by atoms with Gasteiger partial charge in [-0.2, -0.15) is 4.31 Å². The monoisotopic (exact) mass is 356 g/mol. The van der Waals surface area contributed by atoms with E-state index < -0.39 is 27.2 Å². The van der Waals surface area contributed by atoms with E-state index in [1.807, 2.05) is 0 Å². The molecule has 3 heterocycles. The molecular weight excluding hydrogens is 336 g/mol. The Morgan fingerprint density at radius 1 is 1.25 bits per heavy atom. The number of sulfonamides is 1. The summed E-state index contributed by atoms with van der Waals surface area (Å²) in [7, 11) is -1.79. The van der Waals surface area contributed by atoms with Crippen molar-refractivity contribution in [3.05, 3.63) is 32.6 Å². The van der Waals surface area contributed by atoms with E-state index in [9.17, 15) is 22.8 Å². The number of hydrogen-bond acceptors (Lipinski definition) is 5. The molecule has 1 amide bonds. The van der Waals surface area contributed by atoms with Crippen LogP contribution in [-0.4, -0.2) is 64.5 Å². The summed E-state index contributed by atoms with van der Waals surface area (Å²) in [5.41, 5.74) is -1.42. The summed E-state index contributed by atoms with van der Waals surface area (Å²) < 4.78 is 26.8. The Bertz CT molecular complexity index is 872. The first-order valence-corrected chi connectivity index (χ1v) is 9.49. The van der Waals surface area contributed by atoms with Gasteiger partial charge >= 0.3 is 5.69 Å². The van der Waals surface area contributed by atoms with Gasteiger partial charge < -0.3 is 9.47 Å². The van der Waals surface area contributed by atoms with Gasteiger partial charge in [0.2, 0.25) is 10.0 Å². The van der Waals surface area contributed by atoms with Crippen molar-refractivity contribution < 1.29 is 13.2 Å². The second-order valence-electron chi connectivity index (χ2n) is 6.24.